The number of carbonyl (C=O) groups is 1. The summed E-state index contributed by atoms with van der Waals surface area (Å²) in [7, 11) is 0. The van der Waals surface area contributed by atoms with Crippen LogP contribution in [0.25, 0.3) is 0 Å². The number of rotatable bonds is 6. The highest BCUT2D eigenvalue weighted by molar-refractivity contribution is 5.68. The molecule has 0 saturated carbocycles. The quantitative estimate of drug-likeness (QED) is 0.788. The summed E-state index contributed by atoms with van der Waals surface area (Å²) in [5.41, 5.74) is 0.386. The van der Waals surface area contributed by atoms with Gasteiger partial charge < -0.3 is 15.2 Å². The molecular formula is C17H25NO3. The second-order valence-electron chi connectivity index (χ2n) is 6.02. The average molecular weight is 291 g/mol. The van der Waals surface area contributed by atoms with Gasteiger partial charge >= 0.3 is 6.09 Å². The van der Waals surface area contributed by atoms with Crippen LogP contribution in [-0.2, 0) is 4.74 Å². The van der Waals surface area contributed by atoms with Gasteiger partial charge in [-0.2, -0.15) is 0 Å². The van der Waals surface area contributed by atoms with E-state index in [2.05, 4.69) is 11.9 Å². The van der Waals surface area contributed by atoms with Crippen molar-refractivity contribution in [1.82, 2.24) is 5.32 Å². The standard InChI is InChI=1S/C17H25NO3/c1-5-9-14(19)12-15(13-10-7-6-8-11-13)18-16(20)21-17(2,3)4/h5-8,10-11,14-15,19H,1,9,12H2,2-4H3,(H,18,20)/t14-,15-/m0/s1. The summed E-state index contributed by atoms with van der Waals surface area (Å²) in [5, 5.41) is 12.8. The minimum atomic E-state index is -0.553. The Bertz CT molecular complexity index is 451. The molecule has 21 heavy (non-hydrogen) atoms. The van der Waals surface area contributed by atoms with Crippen LogP contribution in [0, 0.1) is 0 Å². The number of nitrogens with one attached hydrogen (secondary N) is 1. The first-order valence-electron chi connectivity index (χ1n) is 7.15. The van der Waals surface area contributed by atoms with E-state index in [1.54, 1.807) is 6.08 Å². The molecule has 0 aliphatic heterocycles. The number of ether oxygens (including phenoxy) is 1. The Morgan fingerprint density at radius 1 is 1.38 bits per heavy atom. The number of aliphatic hydroxyl groups excluding tert-OH is 1. The summed E-state index contributed by atoms with van der Waals surface area (Å²) < 4.78 is 5.28. The number of benzene rings is 1. The Kier molecular flexibility index (Phi) is 6.43. The molecule has 0 heterocycles. The Balaban J connectivity index is 2.77. The molecule has 0 aromatic heterocycles. The van der Waals surface area contributed by atoms with E-state index in [0.717, 1.165) is 5.56 Å². The predicted octanol–water partition coefficient (Wildman–Crippen LogP) is 3.58. The Morgan fingerprint density at radius 3 is 2.52 bits per heavy atom. The summed E-state index contributed by atoms with van der Waals surface area (Å²) in [6.07, 6.45) is 1.53. The summed E-state index contributed by atoms with van der Waals surface area (Å²) in [6.45, 7) is 9.07. The smallest absolute Gasteiger partial charge is 0.408 e. The van der Waals surface area contributed by atoms with E-state index in [-0.39, 0.29) is 6.04 Å². The van der Waals surface area contributed by atoms with Gasteiger partial charge in [0.2, 0.25) is 0 Å². The third kappa shape index (κ3) is 6.95. The first kappa shape index (κ1) is 17.2. The van der Waals surface area contributed by atoms with Crippen molar-refractivity contribution in [1.29, 1.82) is 0 Å². The number of aliphatic hydroxyl groups is 1. The van der Waals surface area contributed by atoms with Crippen molar-refractivity contribution in [3.05, 3.63) is 48.6 Å². The summed E-state index contributed by atoms with van der Waals surface area (Å²) in [6, 6.07) is 9.26. The molecule has 1 aromatic carbocycles. The lowest BCUT2D eigenvalue weighted by atomic mass is 9.99. The number of hydrogen-bond acceptors (Lipinski definition) is 3. The average Bonchev–Trinajstić information content (AvgIpc) is 2.37. The summed E-state index contributed by atoms with van der Waals surface area (Å²) in [4.78, 5) is 11.9. The Morgan fingerprint density at radius 2 is 2.00 bits per heavy atom. The van der Waals surface area contributed by atoms with Gasteiger partial charge in [-0.3, -0.25) is 0 Å². The molecular weight excluding hydrogens is 266 g/mol. The molecule has 1 amide bonds. The van der Waals surface area contributed by atoms with E-state index in [4.69, 9.17) is 4.74 Å². The van der Waals surface area contributed by atoms with Gasteiger partial charge in [-0.15, -0.1) is 6.58 Å². The zero-order chi connectivity index (χ0) is 15.9. The minimum absolute atomic E-state index is 0.295. The first-order valence-corrected chi connectivity index (χ1v) is 7.15. The maximum absolute atomic E-state index is 11.9. The maximum Gasteiger partial charge on any atom is 0.408 e. The number of carbonyl (C=O) groups excluding carboxylic acids is 1. The lowest BCUT2D eigenvalue weighted by Crippen LogP contribution is -2.36. The van der Waals surface area contributed by atoms with Crippen molar-refractivity contribution in [3.63, 3.8) is 0 Å². The monoisotopic (exact) mass is 291 g/mol. The van der Waals surface area contributed by atoms with E-state index in [1.807, 2.05) is 51.1 Å². The zero-order valence-corrected chi connectivity index (χ0v) is 13.0. The van der Waals surface area contributed by atoms with Crippen LogP contribution in [0.1, 0.15) is 45.2 Å². The van der Waals surface area contributed by atoms with Crippen LogP contribution >= 0.6 is 0 Å². The fourth-order valence-electron chi connectivity index (χ4n) is 1.97. The van der Waals surface area contributed by atoms with Crippen LogP contribution in [0.15, 0.2) is 43.0 Å². The zero-order valence-electron chi connectivity index (χ0n) is 13.0. The van der Waals surface area contributed by atoms with Gasteiger partial charge in [0.15, 0.2) is 0 Å². The van der Waals surface area contributed by atoms with Crippen LogP contribution in [0.2, 0.25) is 0 Å². The third-order valence-electron chi connectivity index (χ3n) is 2.84. The van der Waals surface area contributed by atoms with Crippen molar-refractivity contribution < 1.29 is 14.6 Å². The lowest BCUT2D eigenvalue weighted by Gasteiger charge is -2.25. The topological polar surface area (TPSA) is 58.6 Å². The molecule has 2 atom stereocenters. The molecule has 1 aromatic rings. The summed E-state index contributed by atoms with van der Waals surface area (Å²) in [5.74, 6) is 0. The van der Waals surface area contributed by atoms with Crippen molar-refractivity contribution in [2.75, 3.05) is 0 Å². The van der Waals surface area contributed by atoms with E-state index in [1.165, 1.54) is 0 Å². The maximum atomic E-state index is 11.9. The molecule has 116 valence electrons. The van der Waals surface area contributed by atoms with Gasteiger partial charge in [-0.1, -0.05) is 36.4 Å². The van der Waals surface area contributed by atoms with Crippen LogP contribution in [0.4, 0.5) is 4.79 Å². The molecule has 2 N–H and O–H groups in total. The van der Waals surface area contributed by atoms with Gasteiger partial charge in [-0.05, 0) is 39.2 Å². The van der Waals surface area contributed by atoms with E-state index >= 15 is 0 Å². The van der Waals surface area contributed by atoms with E-state index in [9.17, 15) is 9.90 Å². The first-order chi connectivity index (χ1) is 9.81. The molecule has 0 radical (unpaired) electrons. The lowest BCUT2D eigenvalue weighted by molar-refractivity contribution is 0.0483. The van der Waals surface area contributed by atoms with Gasteiger partial charge in [0.1, 0.15) is 5.60 Å². The number of amides is 1. The molecule has 0 bridgehead atoms. The van der Waals surface area contributed by atoms with Crippen LogP contribution in [0.5, 0.6) is 0 Å². The van der Waals surface area contributed by atoms with E-state index < -0.39 is 17.8 Å². The van der Waals surface area contributed by atoms with Crippen molar-refractivity contribution in [2.24, 2.45) is 0 Å². The molecule has 0 spiro atoms. The predicted molar refractivity (Wildman–Crippen MR) is 84.0 cm³/mol. The van der Waals surface area contributed by atoms with Gasteiger partial charge in [0, 0.05) is 0 Å². The van der Waals surface area contributed by atoms with Crippen LogP contribution in [0.3, 0.4) is 0 Å². The largest absolute Gasteiger partial charge is 0.444 e. The van der Waals surface area contributed by atoms with Crippen molar-refractivity contribution in [3.8, 4) is 0 Å². The van der Waals surface area contributed by atoms with Crippen LogP contribution in [-0.4, -0.2) is 22.9 Å². The van der Waals surface area contributed by atoms with Crippen molar-refractivity contribution in [2.45, 2.75) is 51.4 Å². The molecule has 4 heteroatoms. The van der Waals surface area contributed by atoms with E-state index in [0.29, 0.717) is 12.8 Å². The highest BCUT2D eigenvalue weighted by Crippen LogP contribution is 2.20. The Hall–Kier alpha value is -1.81. The Labute approximate surface area is 126 Å². The molecule has 1 rings (SSSR count). The SMILES string of the molecule is C=CC[C@H](O)C[C@H](NC(=O)OC(C)(C)C)c1ccccc1. The number of alkyl carbamates (subject to hydrolysis) is 1. The normalized spacial score (nSPS) is 14.1. The molecule has 0 saturated heterocycles. The molecule has 0 aliphatic rings. The molecule has 4 nitrogen and oxygen atoms in total. The third-order valence-corrected chi connectivity index (χ3v) is 2.84. The second kappa shape index (κ2) is 7.84. The fourth-order valence-corrected chi connectivity index (χ4v) is 1.97. The highest BCUT2D eigenvalue weighted by atomic mass is 16.6. The number of hydrogen-bond donors (Lipinski definition) is 2. The molecule has 0 fully saturated rings. The molecule has 0 unspecified atom stereocenters. The van der Waals surface area contributed by atoms with Gasteiger partial charge in [0.05, 0.1) is 12.1 Å². The minimum Gasteiger partial charge on any atom is -0.444 e. The highest BCUT2D eigenvalue weighted by Gasteiger charge is 2.22. The van der Waals surface area contributed by atoms with Crippen LogP contribution < -0.4 is 5.32 Å². The summed E-state index contributed by atoms with van der Waals surface area (Å²) >= 11 is 0. The van der Waals surface area contributed by atoms with Crippen molar-refractivity contribution >= 4 is 6.09 Å². The van der Waals surface area contributed by atoms with Gasteiger partial charge in [0.25, 0.3) is 0 Å². The van der Waals surface area contributed by atoms with Gasteiger partial charge in [-0.25, -0.2) is 4.79 Å². The second-order valence-corrected chi connectivity index (χ2v) is 6.02. The fraction of sp³-hybridized carbons (Fsp3) is 0.471. The molecule has 0 aliphatic carbocycles.